The second-order valence-corrected chi connectivity index (χ2v) is 4.67. The molecule has 0 aromatic carbocycles. The van der Waals surface area contributed by atoms with Gasteiger partial charge >= 0.3 is 17.9 Å². The number of nitrogens with zero attached hydrogens (tertiary/aromatic N) is 3. The highest BCUT2D eigenvalue weighted by Gasteiger charge is 2.07. The van der Waals surface area contributed by atoms with Crippen LogP contribution < -0.4 is 45.4 Å². The molecule has 0 saturated carbocycles. The van der Waals surface area contributed by atoms with Crippen molar-refractivity contribution in [2.24, 2.45) is 49.8 Å². The molecule has 0 aromatic heterocycles. The maximum absolute atomic E-state index is 10.1. The maximum Gasteiger partial charge on any atom is 0.371 e. The lowest BCUT2D eigenvalue weighted by Crippen LogP contribution is -2.34. The molecule has 19 heteroatoms. The molecule has 1 atom stereocenters. The van der Waals surface area contributed by atoms with Crippen molar-refractivity contribution in [1.82, 2.24) is 10.9 Å². The van der Waals surface area contributed by atoms with E-state index in [4.69, 9.17) is 49.4 Å². The molecule has 0 spiro atoms. The zero-order valence-electron chi connectivity index (χ0n) is 16.9. The summed E-state index contributed by atoms with van der Waals surface area (Å²) in [5, 5.41) is 40.1. The van der Waals surface area contributed by atoms with Gasteiger partial charge in [-0.25, -0.2) is 19.8 Å². The molecule has 0 aliphatic carbocycles. The Morgan fingerprint density at radius 2 is 1.21 bits per heavy atom. The summed E-state index contributed by atoms with van der Waals surface area (Å²) < 4.78 is 0. The number of hydrogen-bond acceptors (Lipinski definition) is 10. The second-order valence-electron chi connectivity index (χ2n) is 4.67. The van der Waals surface area contributed by atoms with Gasteiger partial charge in [0.05, 0.1) is 0 Å². The molecule has 1 unspecified atom stereocenters. The number of guanidine groups is 3. The molecule has 0 rings (SSSR count). The highest BCUT2D eigenvalue weighted by molar-refractivity contribution is 6.34. The van der Waals surface area contributed by atoms with E-state index >= 15 is 0 Å². The van der Waals surface area contributed by atoms with Gasteiger partial charge in [-0.3, -0.25) is 15.6 Å². The quantitative estimate of drug-likeness (QED) is 0.0565. The highest BCUT2D eigenvalue weighted by atomic mass is 16.4. The van der Waals surface area contributed by atoms with Gasteiger partial charge in [0, 0.05) is 6.92 Å². The Kier molecular flexibility index (Phi) is 32.3. The summed E-state index contributed by atoms with van der Waals surface area (Å²) in [5.74, 6) is -0.516. The average molecular weight is 485 g/mol. The van der Waals surface area contributed by atoms with Crippen LogP contribution >= 0.6 is 0 Å². The number of carboxylic acid groups (broad SMARTS) is 3. The molecule has 0 aliphatic rings. The molecule has 0 aromatic rings. The number of hydrogen-bond donors (Lipinski definition) is 12. The van der Waals surface area contributed by atoms with E-state index in [9.17, 15) is 19.2 Å². The van der Waals surface area contributed by atoms with Crippen molar-refractivity contribution >= 4 is 47.3 Å². The lowest BCUT2D eigenvalue weighted by Gasteiger charge is -2.03. The van der Waals surface area contributed by atoms with Gasteiger partial charge in [0.25, 0.3) is 0 Å². The fraction of sp³-hybridized carbons (Fsp3) is 0.429. The van der Waals surface area contributed by atoms with Crippen molar-refractivity contribution < 1.29 is 34.5 Å². The second kappa shape index (κ2) is 25.2. The lowest BCUT2D eigenvalue weighted by atomic mass is 10.4. The van der Waals surface area contributed by atoms with Crippen molar-refractivity contribution in [2.75, 3.05) is 0 Å². The van der Waals surface area contributed by atoms with Crippen molar-refractivity contribution in [3.05, 3.63) is 0 Å². The van der Waals surface area contributed by atoms with E-state index in [1.54, 1.807) is 0 Å². The van der Waals surface area contributed by atoms with E-state index < -0.39 is 29.7 Å². The number of carbonyl (C=O) groups excluding carboxylic acids is 1. The smallest absolute Gasteiger partial charge is 0.371 e. The van der Waals surface area contributed by atoms with Crippen LogP contribution in [0.15, 0.2) is 15.3 Å². The summed E-state index contributed by atoms with van der Waals surface area (Å²) in [6.45, 7) is 3.72. The number of aliphatic carboxylic acids is 3. The summed E-state index contributed by atoms with van der Waals surface area (Å²) in [6.07, 6.45) is 0. The van der Waals surface area contributed by atoms with E-state index in [1.807, 2.05) is 5.43 Å². The molecule has 33 heavy (non-hydrogen) atoms. The predicted octanol–water partition coefficient (Wildman–Crippen LogP) is -3.77. The molecule has 19 nitrogen and oxygen atoms in total. The topological polar surface area (TPSA) is 370 Å². The van der Waals surface area contributed by atoms with Crippen LogP contribution in [0.1, 0.15) is 35.6 Å². The van der Waals surface area contributed by atoms with E-state index in [2.05, 4.69) is 26.6 Å². The summed E-state index contributed by atoms with van der Waals surface area (Å²) >= 11 is 0. The third-order valence-corrected chi connectivity index (χ3v) is 1.86. The first-order valence-corrected chi connectivity index (χ1v) is 7.46. The van der Waals surface area contributed by atoms with Crippen molar-refractivity contribution in [3.63, 3.8) is 0 Å². The number of ketones is 1. The number of nitrogens with one attached hydrogen (secondary N) is 3. The molecule has 194 valence electrons. The number of carbonyl (C=O) groups is 4. The molecular formula is C14H36N12O7. The molecule has 0 saturated heterocycles. The Labute approximate surface area is 190 Å². The van der Waals surface area contributed by atoms with Crippen LogP contribution in [-0.4, -0.2) is 68.6 Å². The van der Waals surface area contributed by atoms with E-state index in [0.717, 1.165) is 6.92 Å². The van der Waals surface area contributed by atoms with E-state index in [-0.39, 0.29) is 38.4 Å². The third-order valence-electron chi connectivity index (χ3n) is 1.86. The van der Waals surface area contributed by atoms with Gasteiger partial charge < -0.3 is 49.8 Å². The van der Waals surface area contributed by atoms with Crippen LogP contribution in [0.2, 0.25) is 0 Å². The number of hydrazone groups is 3. The summed E-state index contributed by atoms with van der Waals surface area (Å²) in [5.41, 5.74) is 28.1. The molecule has 0 heterocycles. The SMILES string of the molecule is C.C.C/C(=N\NC(=N)N)C(=O)O.CC(=O)C(=O)O.CC(NN=C(N)N)C(=O)O.NN=C(N)N. The number of nitrogens with two attached hydrogens (primary N) is 6. The zero-order chi connectivity index (χ0) is 25.7. The Balaban J connectivity index is -0.0000000750. The first kappa shape index (κ1) is 42.3. The number of Topliss-reactive ketones (excluding diaryl/α,β-unsaturated/α-hetero) is 1. The lowest BCUT2D eigenvalue weighted by molar-refractivity contribution is -0.148. The largest absolute Gasteiger partial charge is 0.480 e. The maximum atomic E-state index is 10.1. The van der Waals surface area contributed by atoms with Gasteiger partial charge in [0.2, 0.25) is 23.7 Å². The minimum absolute atomic E-state index is 0. The Morgan fingerprint density at radius 3 is 1.39 bits per heavy atom. The minimum Gasteiger partial charge on any atom is -0.480 e. The minimum atomic E-state index is -1.38. The number of carboxylic acids is 3. The molecular weight excluding hydrogens is 448 g/mol. The van der Waals surface area contributed by atoms with Gasteiger partial charge in [0.15, 0.2) is 0 Å². The monoisotopic (exact) mass is 484 g/mol. The van der Waals surface area contributed by atoms with Gasteiger partial charge in [-0.2, -0.15) is 5.10 Å². The third kappa shape index (κ3) is 46.8. The van der Waals surface area contributed by atoms with Crippen molar-refractivity contribution in [1.29, 1.82) is 5.41 Å². The first-order valence-electron chi connectivity index (χ1n) is 7.46. The molecule has 0 amide bonds. The Hall–Kier alpha value is -4.84. The highest BCUT2D eigenvalue weighted by Crippen LogP contribution is 1.78. The van der Waals surface area contributed by atoms with Crippen molar-refractivity contribution in [3.8, 4) is 0 Å². The summed E-state index contributed by atoms with van der Waals surface area (Å²) in [4.78, 5) is 39.0. The first-order chi connectivity index (χ1) is 14.0. The van der Waals surface area contributed by atoms with Crippen LogP contribution in [0.4, 0.5) is 0 Å². The summed E-state index contributed by atoms with van der Waals surface area (Å²) in [7, 11) is 0. The summed E-state index contributed by atoms with van der Waals surface area (Å²) in [6, 6.07) is -0.776. The van der Waals surface area contributed by atoms with Crippen LogP contribution in [-0.2, 0) is 19.2 Å². The molecule has 18 N–H and O–H groups in total. The standard InChI is InChI=1S/C4H10N4O2.C4H8N4O2.C3H4O3.CH6N4.2CH4/c2*1-2(3(9)10)7-8-4(5)6;1-2(4)3(5)6;2-1(3)5-4;;/h2,7H,1H3,(H,9,10)(H4,5,6,8);1H3,(H,9,10)(H4,5,6,8);1H3,(H,5,6);4H2,(H4,2,3,5);2*1H4/b;7-2+;;;;. The van der Waals surface area contributed by atoms with Crippen LogP contribution in [0.3, 0.4) is 0 Å². The Bertz CT molecular complexity index is 687. The van der Waals surface area contributed by atoms with Gasteiger partial charge in [-0.1, -0.05) is 14.9 Å². The Morgan fingerprint density at radius 1 is 0.848 bits per heavy atom. The zero-order valence-corrected chi connectivity index (χ0v) is 16.9. The van der Waals surface area contributed by atoms with Gasteiger partial charge in [0.1, 0.15) is 11.8 Å². The molecule has 0 bridgehead atoms. The molecule has 0 fully saturated rings. The average Bonchev–Trinajstić information content (AvgIpc) is 2.64. The van der Waals surface area contributed by atoms with Crippen LogP contribution in [0, 0.1) is 5.41 Å². The predicted molar refractivity (Wildman–Crippen MR) is 124 cm³/mol. The van der Waals surface area contributed by atoms with E-state index in [1.165, 1.54) is 13.8 Å². The fourth-order valence-corrected chi connectivity index (χ4v) is 0.418. The number of rotatable bonds is 6. The van der Waals surface area contributed by atoms with Crippen LogP contribution in [0.25, 0.3) is 0 Å². The normalized spacial score (nSPS) is 9.12. The molecule has 0 radical (unpaired) electrons. The van der Waals surface area contributed by atoms with Gasteiger partial charge in [-0.15, -0.1) is 10.2 Å². The van der Waals surface area contributed by atoms with Crippen LogP contribution in [0.5, 0.6) is 0 Å². The van der Waals surface area contributed by atoms with Crippen molar-refractivity contribution in [2.45, 2.75) is 41.7 Å². The molecule has 0 aliphatic heterocycles. The van der Waals surface area contributed by atoms with Gasteiger partial charge in [-0.05, 0) is 13.8 Å². The van der Waals surface area contributed by atoms with E-state index in [0.29, 0.717) is 0 Å². The fourth-order valence-electron chi connectivity index (χ4n) is 0.418.